The molecule has 0 saturated carbocycles. The summed E-state index contributed by atoms with van der Waals surface area (Å²) in [6.07, 6.45) is 3.31. The molecule has 0 aliphatic rings. The first kappa shape index (κ1) is 38.2. The average molecular weight is 831 g/mol. The summed E-state index contributed by atoms with van der Waals surface area (Å²) in [5, 5.41) is 27.8. The van der Waals surface area contributed by atoms with Crippen molar-refractivity contribution in [3.05, 3.63) is 158 Å². The summed E-state index contributed by atoms with van der Waals surface area (Å²) in [6, 6.07) is 41.9. The van der Waals surface area contributed by atoms with E-state index in [9.17, 15) is 8.42 Å². The molecule has 16 heteroatoms. The average Bonchev–Trinajstić information content (AvgIpc) is 3.91. The number of pyridine rings is 2. The number of methoxy groups -OCH3 is 2. The zero-order valence-corrected chi connectivity index (χ0v) is 33.8. The van der Waals surface area contributed by atoms with Gasteiger partial charge in [0.2, 0.25) is 0 Å². The Kier molecular flexibility index (Phi) is 10.8. The molecule has 0 aliphatic carbocycles. The molecule has 0 radical (unpaired) electrons. The highest BCUT2D eigenvalue weighted by molar-refractivity contribution is 7.84. The fourth-order valence-electron chi connectivity index (χ4n) is 6.62. The van der Waals surface area contributed by atoms with E-state index in [0.717, 1.165) is 44.3 Å². The number of hydrogen-bond acceptors (Lipinski definition) is 12. The van der Waals surface area contributed by atoms with E-state index in [0.29, 0.717) is 44.2 Å². The van der Waals surface area contributed by atoms with Crippen LogP contribution in [0.3, 0.4) is 0 Å². The van der Waals surface area contributed by atoms with Crippen LogP contribution >= 0.6 is 0 Å². The number of fused-ring (bicyclic) bond motifs is 4. The van der Waals surface area contributed by atoms with Crippen molar-refractivity contribution in [2.75, 3.05) is 14.2 Å². The maximum atomic E-state index is 13.2. The summed E-state index contributed by atoms with van der Waals surface area (Å²) in [7, 11) is 0.520. The Morgan fingerprint density at radius 2 is 0.933 bits per heavy atom. The molecule has 6 aromatic heterocycles. The van der Waals surface area contributed by atoms with Crippen molar-refractivity contribution in [2.45, 2.75) is 21.3 Å². The van der Waals surface area contributed by atoms with E-state index >= 15 is 0 Å². The molecule has 0 bridgehead atoms. The molecule has 6 heterocycles. The van der Waals surface area contributed by atoms with Crippen LogP contribution in [0.5, 0.6) is 11.5 Å². The van der Waals surface area contributed by atoms with Crippen LogP contribution in [0.25, 0.3) is 55.6 Å². The Bertz CT molecular complexity index is 2980. The molecule has 0 spiro atoms. The van der Waals surface area contributed by atoms with Gasteiger partial charge in [-0.2, -0.15) is 19.2 Å². The number of benzene rings is 4. The summed E-state index contributed by atoms with van der Waals surface area (Å²) < 4.78 is 40.3. The highest BCUT2D eigenvalue weighted by Gasteiger charge is 2.18. The molecule has 10 rings (SSSR count). The van der Waals surface area contributed by atoms with Crippen molar-refractivity contribution in [3.63, 3.8) is 0 Å². The predicted octanol–water partition coefficient (Wildman–Crippen LogP) is 7.31. The number of aromatic nitrogens is 10. The second-order valence-electron chi connectivity index (χ2n) is 13.3. The quantitative estimate of drug-likeness (QED) is 0.135. The highest BCUT2D eigenvalue weighted by Crippen LogP contribution is 2.27. The lowest BCUT2D eigenvalue weighted by Gasteiger charge is -2.07. The molecular formula is C44H34N10O4S2. The molecule has 2 unspecified atom stereocenters. The van der Waals surface area contributed by atoms with E-state index in [1.807, 2.05) is 121 Å². The van der Waals surface area contributed by atoms with Crippen LogP contribution < -0.4 is 9.47 Å². The van der Waals surface area contributed by atoms with Gasteiger partial charge < -0.3 is 9.47 Å². The number of hydrogen-bond donors (Lipinski definition) is 0. The van der Waals surface area contributed by atoms with Crippen molar-refractivity contribution in [1.82, 2.24) is 49.6 Å². The monoisotopic (exact) mass is 830 g/mol. The van der Waals surface area contributed by atoms with Crippen molar-refractivity contribution in [3.8, 4) is 34.0 Å². The molecule has 0 N–H and O–H groups in total. The van der Waals surface area contributed by atoms with Crippen LogP contribution in [0.1, 0.15) is 11.6 Å². The van der Waals surface area contributed by atoms with Gasteiger partial charge in [-0.25, -0.2) is 0 Å². The second-order valence-corrected chi connectivity index (χ2v) is 16.1. The number of ether oxygens (including phenoxy) is 2. The molecule has 0 saturated heterocycles. The smallest absolute Gasteiger partial charge is 0.177 e. The van der Waals surface area contributed by atoms with Crippen molar-refractivity contribution in [1.29, 1.82) is 0 Å². The van der Waals surface area contributed by atoms with Gasteiger partial charge in [0.1, 0.15) is 11.5 Å². The molecular weight excluding hydrogens is 797 g/mol. The van der Waals surface area contributed by atoms with E-state index in [-0.39, 0.29) is 11.5 Å². The molecule has 2 atom stereocenters. The Labute approximate surface area is 347 Å². The minimum absolute atomic E-state index is 0.192. The van der Waals surface area contributed by atoms with Crippen LogP contribution in [0.4, 0.5) is 0 Å². The third kappa shape index (κ3) is 7.80. The van der Waals surface area contributed by atoms with Crippen LogP contribution in [0.2, 0.25) is 0 Å². The summed E-state index contributed by atoms with van der Waals surface area (Å²) in [4.78, 5) is 10.1. The lowest BCUT2D eigenvalue weighted by atomic mass is 10.1. The minimum atomic E-state index is -1.35. The van der Waals surface area contributed by atoms with Crippen LogP contribution in [0, 0.1) is 0 Å². The Balaban J connectivity index is 0.000000154. The maximum Gasteiger partial charge on any atom is 0.177 e. The largest absolute Gasteiger partial charge is 0.497 e. The Morgan fingerprint density at radius 1 is 0.500 bits per heavy atom. The van der Waals surface area contributed by atoms with E-state index < -0.39 is 21.6 Å². The topological polar surface area (TPSA) is 165 Å². The lowest BCUT2D eigenvalue weighted by Crippen LogP contribution is -2.05. The van der Waals surface area contributed by atoms with Gasteiger partial charge in [0.25, 0.3) is 0 Å². The lowest BCUT2D eigenvalue weighted by molar-refractivity contribution is 0.415. The summed E-state index contributed by atoms with van der Waals surface area (Å²) >= 11 is 0. The van der Waals surface area contributed by atoms with Crippen LogP contribution in [0.15, 0.2) is 156 Å². The normalized spacial score (nSPS) is 12.3. The highest BCUT2D eigenvalue weighted by atomic mass is 32.2. The third-order valence-corrected chi connectivity index (χ3v) is 12.4. The fourth-order valence-corrected chi connectivity index (χ4v) is 9.02. The first-order chi connectivity index (χ1) is 29.4. The predicted molar refractivity (Wildman–Crippen MR) is 229 cm³/mol. The van der Waals surface area contributed by atoms with Crippen molar-refractivity contribution < 1.29 is 17.9 Å². The van der Waals surface area contributed by atoms with Gasteiger partial charge >= 0.3 is 0 Å². The molecule has 0 amide bonds. The molecule has 296 valence electrons. The Hall–Kier alpha value is -7.30. The summed E-state index contributed by atoms with van der Waals surface area (Å²) in [5.41, 5.74) is 6.29. The van der Waals surface area contributed by atoms with Gasteiger partial charge in [-0.1, -0.05) is 60.7 Å². The standard InChI is InChI=1S/2C22H17N5O2S/c2*1-29-16-7-8-17-19(13-16)23-12-11-20(17)30(28)14-22-25-24-21-10-9-18(26-27(21)22)15-5-3-2-4-6-15/h2*2-13H,14H2,1H3. The number of nitrogens with zero attached hydrogens (tertiary/aromatic N) is 10. The van der Waals surface area contributed by atoms with Crippen LogP contribution in [-0.4, -0.2) is 72.2 Å². The Morgan fingerprint density at radius 3 is 1.35 bits per heavy atom. The molecule has 0 fully saturated rings. The second kappa shape index (κ2) is 16.9. The van der Waals surface area contributed by atoms with E-state index in [1.165, 1.54) is 0 Å². The van der Waals surface area contributed by atoms with E-state index in [2.05, 4.69) is 40.6 Å². The zero-order valence-electron chi connectivity index (χ0n) is 32.2. The maximum absolute atomic E-state index is 13.2. The third-order valence-electron chi connectivity index (χ3n) is 9.62. The van der Waals surface area contributed by atoms with E-state index in [4.69, 9.17) is 9.47 Å². The summed E-state index contributed by atoms with van der Waals surface area (Å²) in [5.74, 6) is 2.88. The molecule has 60 heavy (non-hydrogen) atoms. The summed E-state index contributed by atoms with van der Waals surface area (Å²) in [6.45, 7) is 0. The fraction of sp³-hybridized carbons (Fsp3) is 0.0909. The minimum Gasteiger partial charge on any atom is -0.497 e. The number of rotatable bonds is 10. The molecule has 10 aromatic rings. The zero-order chi connectivity index (χ0) is 41.0. The van der Waals surface area contributed by atoms with Gasteiger partial charge in [0.05, 0.1) is 79.5 Å². The molecule has 0 aliphatic heterocycles. The first-order valence-electron chi connectivity index (χ1n) is 18.6. The van der Waals surface area contributed by atoms with Crippen molar-refractivity contribution in [2.24, 2.45) is 0 Å². The van der Waals surface area contributed by atoms with Gasteiger partial charge in [0, 0.05) is 46.4 Å². The van der Waals surface area contributed by atoms with Gasteiger partial charge in [-0.15, -0.1) is 20.4 Å². The SMILES string of the molecule is COc1ccc2c(S(=O)Cc3nnc4ccc(-c5ccccc5)nn34)ccnc2c1.COc1ccc2c(S(=O)Cc3nnc4ccc(-c5ccccc5)nn34)ccnc2c1. The van der Waals surface area contributed by atoms with Gasteiger partial charge in [-0.3, -0.25) is 18.4 Å². The van der Waals surface area contributed by atoms with Crippen molar-refractivity contribution >= 4 is 54.7 Å². The first-order valence-corrected chi connectivity index (χ1v) is 21.3. The van der Waals surface area contributed by atoms with E-state index in [1.54, 1.807) is 47.8 Å². The van der Waals surface area contributed by atoms with Gasteiger partial charge in [0.15, 0.2) is 22.9 Å². The van der Waals surface area contributed by atoms with Crippen LogP contribution in [-0.2, 0) is 33.1 Å². The molecule has 4 aromatic carbocycles. The van der Waals surface area contributed by atoms with Gasteiger partial charge in [-0.05, 0) is 60.7 Å². The molecule has 14 nitrogen and oxygen atoms in total.